The van der Waals surface area contributed by atoms with Gasteiger partial charge in [-0.25, -0.2) is 9.38 Å². The minimum absolute atomic E-state index is 0.0878. The highest BCUT2D eigenvalue weighted by molar-refractivity contribution is 7.98. The molecular weight excluding hydrogens is 483 g/mol. The molecule has 35 heavy (non-hydrogen) atoms. The van der Waals surface area contributed by atoms with Crippen molar-refractivity contribution < 1.29 is 13.9 Å². The van der Waals surface area contributed by atoms with Crippen LogP contribution in [0.1, 0.15) is 12.8 Å². The maximum atomic E-state index is 13.4. The maximum absolute atomic E-state index is 13.4. The maximum Gasteiger partial charge on any atom is 0.220 e. The summed E-state index contributed by atoms with van der Waals surface area (Å²) < 4.78 is 21.0. The molecule has 1 aliphatic rings. The van der Waals surface area contributed by atoms with Gasteiger partial charge < -0.3 is 19.5 Å². The number of anilines is 1. The van der Waals surface area contributed by atoms with Gasteiger partial charge in [0.2, 0.25) is 5.91 Å². The van der Waals surface area contributed by atoms with E-state index < -0.39 is 0 Å². The summed E-state index contributed by atoms with van der Waals surface area (Å²) in [6, 6.07) is 14.8. The number of morpholine rings is 1. The molecule has 6 nitrogen and oxygen atoms in total. The van der Waals surface area contributed by atoms with Crippen molar-refractivity contribution in [1.29, 1.82) is 0 Å². The Morgan fingerprint density at radius 3 is 2.60 bits per heavy atom. The topological polar surface area (TPSA) is 58.9 Å². The lowest BCUT2D eigenvalue weighted by molar-refractivity contribution is -0.120. The molecule has 2 heterocycles. The van der Waals surface area contributed by atoms with Crippen molar-refractivity contribution in [2.75, 3.05) is 49.8 Å². The van der Waals surface area contributed by atoms with Gasteiger partial charge in [0.25, 0.3) is 0 Å². The van der Waals surface area contributed by atoms with Crippen molar-refractivity contribution in [2.24, 2.45) is 4.99 Å². The number of amides is 1. The molecule has 0 radical (unpaired) electrons. The average Bonchev–Trinajstić information content (AvgIpc) is 3.29. The molecular formula is C26H31FN4O2S2. The molecule has 0 unspecified atom stereocenters. The van der Waals surface area contributed by atoms with E-state index in [9.17, 15) is 9.18 Å². The van der Waals surface area contributed by atoms with Crippen LogP contribution < -0.4 is 15.0 Å². The molecule has 0 bridgehead atoms. The van der Waals surface area contributed by atoms with E-state index in [-0.39, 0.29) is 11.7 Å². The minimum atomic E-state index is -0.277. The number of thioether (sulfide) groups is 1. The SMILES string of the molecule is CSCCC(=O)NCCCn1c(-c2ccc(N3CCOCC3)cc2)cs/c1=N\c1ccc(F)cc1. The number of aromatic nitrogens is 1. The van der Waals surface area contributed by atoms with Crippen LogP contribution in [0.5, 0.6) is 0 Å². The Bertz CT molecular complexity index is 1150. The highest BCUT2D eigenvalue weighted by Crippen LogP contribution is 2.25. The van der Waals surface area contributed by atoms with Crippen LogP contribution >= 0.6 is 23.1 Å². The molecule has 2 aromatic carbocycles. The molecule has 0 atom stereocenters. The number of carbonyl (C=O) groups excluding carboxylic acids is 1. The van der Waals surface area contributed by atoms with E-state index in [1.54, 1.807) is 35.2 Å². The van der Waals surface area contributed by atoms with Crippen LogP contribution in [0.2, 0.25) is 0 Å². The van der Waals surface area contributed by atoms with Crippen LogP contribution in [0, 0.1) is 5.82 Å². The van der Waals surface area contributed by atoms with Gasteiger partial charge in [0.15, 0.2) is 4.80 Å². The standard InChI is InChI=1S/C26H31FN4O2S2/c1-34-18-11-25(32)28-12-2-13-31-24(19-35-26(31)29-22-7-5-21(27)6-8-22)20-3-9-23(10-4-20)30-14-16-33-17-15-30/h3-10,19H,2,11-18H2,1H3,(H,28,32)/b29-26-. The van der Waals surface area contributed by atoms with Crippen molar-refractivity contribution in [2.45, 2.75) is 19.4 Å². The van der Waals surface area contributed by atoms with Gasteiger partial charge in [-0.05, 0) is 54.6 Å². The second-order valence-corrected chi connectivity index (χ2v) is 10.1. The van der Waals surface area contributed by atoms with Gasteiger partial charge in [-0.1, -0.05) is 12.1 Å². The Kier molecular flexibility index (Phi) is 9.39. The zero-order chi connectivity index (χ0) is 24.5. The molecule has 1 fully saturated rings. The van der Waals surface area contributed by atoms with Crippen LogP contribution in [-0.4, -0.2) is 55.3 Å². The molecule has 9 heteroatoms. The number of thiazole rings is 1. The number of carbonyl (C=O) groups is 1. The lowest BCUT2D eigenvalue weighted by atomic mass is 10.1. The van der Waals surface area contributed by atoms with E-state index in [0.717, 1.165) is 54.5 Å². The molecule has 186 valence electrons. The molecule has 1 aromatic heterocycles. The second-order valence-electron chi connectivity index (χ2n) is 8.24. The predicted octanol–water partition coefficient (Wildman–Crippen LogP) is 4.68. The van der Waals surface area contributed by atoms with Gasteiger partial charge in [0.05, 0.1) is 24.6 Å². The van der Waals surface area contributed by atoms with E-state index in [0.29, 0.717) is 25.2 Å². The number of ether oxygens (including phenoxy) is 1. The van der Waals surface area contributed by atoms with E-state index in [4.69, 9.17) is 9.73 Å². The second kappa shape index (κ2) is 12.9. The Labute approximate surface area is 213 Å². The molecule has 0 saturated carbocycles. The molecule has 1 aliphatic heterocycles. The Balaban J connectivity index is 1.54. The first-order valence-electron chi connectivity index (χ1n) is 11.8. The number of nitrogens with one attached hydrogen (secondary N) is 1. The fourth-order valence-electron chi connectivity index (χ4n) is 3.90. The number of nitrogens with zero attached hydrogens (tertiary/aromatic N) is 3. The van der Waals surface area contributed by atoms with Gasteiger partial charge in [-0.2, -0.15) is 11.8 Å². The summed E-state index contributed by atoms with van der Waals surface area (Å²) in [5, 5.41) is 5.12. The van der Waals surface area contributed by atoms with Crippen molar-refractivity contribution in [3.8, 4) is 11.3 Å². The summed E-state index contributed by atoms with van der Waals surface area (Å²) in [4.78, 5) is 19.9. The van der Waals surface area contributed by atoms with E-state index >= 15 is 0 Å². The summed E-state index contributed by atoms with van der Waals surface area (Å²) >= 11 is 3.23. The van der Waals surface area contributed by atoms with E-state index in [1.807, 2.05) is 6.26 Å². The number of benzene rings is 2. The first kappa shape index (κ1) is 25.5. The number of rotatable bonds is 10. The molecule has 0 aliphatic carbocycles. The monoisotopic (exact) mass is 514 g/mol. The Morgan fingerprint density at radius 2 is 1.89 bits per heavy atom. The van der Waals surface area contributed by atoms with Crippen LogP contribution in [0.15, 0.2) is 58.9 Å². The lowest BCUT2D eigenvalue weighted by Gasteiger charge is -2.28. The number of hydrogen-bond acceptors (Lipinski definition) is 6. The van der Waals surface area contributed by atoms with E-state index in [2.05, 4.69) is 44.4 Å². The normalized spacial score (nSPS) is 14.3. The zero-order valence-corrected chi connectivity index (χ0v) is 21.5. The average molecular weight is 515 g/mol. The predicted molar refractivity (Wildman–Crippen MR) is 143 cm³/mol. The molecule has 0 spiro atoms. The van der Waals surface area contributed by atoms with Crippen molar-refractivity contribution in [3.63, 3.8) is 0 Å². The van der Waals surface area contributed by atoms with Crippen LogP contribution in [0.25, 0.3) is 11.3 Å². The smallest absolute Gasteiger partial charge is 0.220 e. The highest BCUT2D eigenvalue weighted by Gasteiger charge is 2.13. The number of halogens is 1. The van der Waals surface area contributed by atoms with Crippen molar-refractivity contribution in [3.05, 3.63) is 64.5 Å². The summed E-state index contributed by atoms with van der Waals surface area (Å²) in [5.74, 6) is 0.641. The van der Waals surface area contributed by atoms with Crippen LogP contribution in [0.3, 0.4) is 0 Å². The molecule has 3 aromatic rings. The van der Waals surface area contributed by atoms with Crippen molar-refractivity contribution in [1.82, 2.24) is 9.88 Å². The number of hydrogen-bond donors (Lipinski definition) is 1. The first-order valence-corrected chi connectivity index (χ1v) is 14.1. The lowest BCUT2D eigenvalue weighted by Crippen LogP contribution is -2.36. The third-order valence-electron chi connectivity index (χ3n) is 5.80. The fraction of sp³-hybridized carbons (Fsp3) is 0.385. The summed E-state index contributed by atoms with van der Waals surface area (Å²) in [6.45, 7) is 4.65. The zero-order valence-electron chi connectivity index (χ0n) is 19.9. The molecule has 4 rings (SSSR count). The molecule has 1 amide bonds. The fourth-order valence-corrected chi connectivity index (χ4v) is 5.25. The first-order chi connectivity index (χ1) is 17.1. The van der Waals surface area contributed by atoms with Crippen LogP contribution in [-0.2, 0) is 16.1 Å². The minimum Gasteiger partial charge on any atom is -0.378 e. The summed E-state index contributed by atoms with van der Waals surface area (Å²) in [5.41, 5.74) is 4.10. The summed E-state index contributed by atoms with van der Waals surface area (Å²) in [7, 11) is 0. The van der Waals surface area contributed by atoms with Gasteiger partial charge in [0, 0.05) is 49.4 Å². The van der Waals surface area contributed by atoms with E-state index in [1.165, 1.54) is 17.8 Å². The Hall–Kier alpha value is -2.62. The Morgan fingerprint density at radius 1 is 1.14 bits per heavy atom. The molecule has 1 saturated heterocycles. The van der Waals surface area contributed by atoms with Crippen LogP contribution in [0.4, 0.5) is 15.8 Å². The van der Waals surface area contributed by atoms with Gasteiger partial charge in [-0.3, -0.25) is 4.79 Å². The third kappa shape index (κ3) is 7.19. The third-order valence-corrected chi connectivity index (χ3v) is 7.28. The van der Waals surface area contributed by atoms with Gasteiger partial charge >= 0.3 is 0 Å². The highest BCUT2D eigenvalue weighted by atomic mass is 32.2. The van der Waals surface area contributed by atoms with Gasteiger partial charge in [-0.15, -0.1) is 11.3 Å². The van der Waals surface area contributed by atoms with Gasteiger partial charge in [0.1, 0.15) is 5.82 Å². The molecule has 1 N–H and O–H groups in total. The van der Waals surface area contributed by atoms with Crippen molar-refractivity contribution >= 4 is 40.4 Å². The quantitative estimate of drug-likeness (QED) is 0.399. The summed E-state index contributed by atoms with van der Waals surface area (Å²) in [6.07, 6.45) is 3.33. The largest absolute Gasteiger partial charge is 0.378 e.